The fourth-order valence-corrected chi connectivity index (χ4v) is 0.787. The molecule has 0 aliphatic heterocycles. The van der Waals surface area contributed by atoms with Crippen LogP contribution in [-0.2, 0) is 13.7 Å². The number of aryl methyl sites for hydroxylation is 1. The van der Waals surface area contributed by atoms with Gasteiger partial charge in [-0.2, -0.15) is 5.10 Å². The minimum atomic E-state index is -0.571. The summed E-state index contributed by atoms with van der Waals surface area (Å²) in [4.78, 5) is 9.66. The van der Waals surface area contributed by atoms with Gasteiger partial charge < -0.3 is 5.11 Å². The summed E-state index contributed by atoms with van der Waals surface area (Å²) in [5, 5.41) is 22.5. The summed E-state index contributed by atoms with van der Waals surface area (Å²) < 4.78 is 1.28. The Bertz CT molecular complexity index is 281. The van der Waals surface area contributed by atoms with Gasteiger partial charge in [0, 0.05) is 7.05 Å². The van der Waals surface area contributed by atoms with Crippen LogP contribution in [0.25, 0.3) is 0 Å². The van der Waals surface area contributed by atoms with Gasteiger partial charge in [0.2, 0.25) is 0 Å². The molecule has 0 aliphatic carbocycles. The predicted molar refractivity (Wildman–Crippen MR) is 35.8 cm³/mol. The average molecular weight is 157 g/mol. The van der Waals surface area contributed by atoms with Gasteiger partial charge in [0.15, 0.2) is 0 Å². The first kappa shape index (κ1) is 7.67. The first-order valence-corrected chi connectivity index (χ1v) is 2.93. The van der Waals surface area contributed by atoms with Crippen molar-refractivity contribution in [1.82, 2.24) is 9.78 Å². The quantitative estimate of drug-likeness (QED) is 0.477. The molecule has 0 bridgehead atoms. The Kier molecular flexibility index (Phi) is 1.86. The molecule has 1 aromatic heterocycles. The molecule has 0 fully saturated rings. The molecule has 0 aromatic carbocycles. The Balaban J connectivity index is 3.15. The molecule has 0 saturated carbocycles. The molecule has 0 atom stereocenters. The van der Waals surface area contributed by atoms with Crippen molar-refractivity contribution < 1.29 is 10.0 Å². The third-order valence-electron chi connectivity index (χ3n) is 1.39. The first-order chi connectivity index (χ1) is 5.16. The van der Waals surface area contributed by atoms with Gasteiger partial charge in [-0.15, -0.1) is 0 Å². The van der Waals surface area contributed by atoms with Gasteiger partial charge in [-0.1, -0.05) is 0 Å². The highest BCUT2D eigenvalue weighted by Crippen LogP contribution is 2.15. The van der Waals surface area contributed by atoms with Gasteiger partial charge in [-0.3, -0.25) is 14.8 Å². The van der Waals surface area contributed by atoms with E-state index < -0.39 is 4.92 Å². The molecule has 1 N–H and O–H groups in total. The van der Waals surface area contributed by atoms with E-state index in [1.54, 1.807) is 7.05 Å². The highest BCUT2D eigenvalue weighted by molar-refractivity contribution is 5.31. The van der Waals surface area contributed by atoms with Crippen molar-refractivity contribution >= 4 is 5.69 Å². The highest BCUT2D eigenvalue weighted by Gasteiger charge is 2.16. The maximum Gasteiger partial charge on any atom is 0.312 e. The second kappa shape index (κ2) is 2.67. The molecule has 60 valence electrons. The molecule has 0 unspecified atom stereocenters. The topological polar surface area (TPSA) is 81.2 Å². The average Bonchev–Trinajstić information content (AvgIpc) is 2.30. The molecule has 1 heterocycles. The fraction of sp³-hybridized carbons (Fsp3) is 0.400. The van der Waals surface area contributed by atoms with Gasteiger partial charge in [0.1, 0.15) is 11.9 Å². The van der Waals surface area contributed by atoms with E-state index >= 15 is 0 Å². The van der Waals surface area contributed by atoms with Crippen LogP contribution in [0.5, 0.6) is 0 Å². The lowest BCUT2D eigenvalue weighted by Crippen LogP contribution is -2.00. The Labute approximate surface area is 62.2 Å². The van der Waals surface area contributed by atoms with E-state index in [1.807, 2.05) is 0 Å². The van der Waals surface area contributed by atoms with Crippen molar-refractivity contribution in [2.24, 2.45) is 7.05 Å². The van der Waals surface area contributed by atoms with E-state index in [1.165, 1.54) is 4.68 Å². The van der Waals surface area contributed by atoms with E-state index in [-0.39, 0.29) is 18.0 Å². The van der Waals surface area contributed by atoms with Crippen LogP contribution >= 0.6 is 0 Å². The standard InChI is InChI=1S/C5H7N3O3/c1-7-5(3-9)4(2-6-7)8(10)11/h2,9H,3H2,1H3. The summed E-state index contributed by atoms with van der Waals surface area (Å²) >= 11 is 0. The summed E-state index contributed by atoms with van der Waals surface area (Å²) in [5.41, 5.74) is 0.0741. The lowest BCUT2D eigenvalue weighted by molar-refractivity contribution is -0.386. The molecule has 6 nitrogen and oxygen atoms in total. The number of hydrogen-bond donors (Lipinski definition) is 1. The zero-order valence-corrected chi connectivity index (χ0v) is 5.89. The minimum absolute atomic E-state index is 0.144. The number of aliphatic hydroxyl groups is 1. The van der Waals surface area contributed by atoms with Gasteiger partial charge in [0.25, 0.3) is 0 Å². The van der Waals surface area contributed by atoms with E-state index in [0.29, 0.717) is 0 Å². The van der Waals surface area contributed by atoms with Crippen molar-refractivity contribution in [3.8, 4) is 0 Å². The minimum Gasteiger partial charge on any atom is -0.390 e. The molecule has 0 spiro atoms. The van der Waals surface area contributed by atoms with Crippen molar-refractivity contribution in [1.29, 1.82) is 0 Å². The maximum absolute atomic E-state index is 10.2. The Hall–Kier alpha value is -1.43. The van der Waals surface area contributed by atoms with E-state index in [4.69, 9.17) is 5.11 Å². The van der Waals surface area contributed by atoms with Crippen molar-refractivity contribution in [3.63, 3.8) is 0 Å². The molecule has 1 rings (SSSR count). The monoisotopic (exact) mass is 157 g/mol. The largest absolute Gasteiger partial charge is 0.390 e. The van der Waals surface area contributed by atoms with Crippen LogP contribution in [0.2, 0.25) is 0 Å². The van der Waals surface area contributed by atoms with Crippen LogP contribution in [0.1, 0.15) is 5.69 Å². The Morgan fingerprint density at radius 2 is 2.55 bits per heavy atom. The van der Waals surface area contributed by atoms with Crippen molar-refractivity contribution in [2.45, 2.75) is 6.61 Å². The second-order valence-electron chi connectivity index (χ2n) is 2.02. The molecule has 11 heavy (non-hydrogen) atoms. The zero-order chi connectivity index (χ0) is 8.43. The Morgan fingerprint density at radius 1 is 1.91 bits per heavy atom. The van der Waals surface area contributed by atoms with Crippen molar-refractivity contribution in [3.05, 3.63) is 22.0 Å². The molecule has 1 aromatic rings. The molecule has 0 aliphatic rings. The SMILES string of the molecule is Cn1ncc([N+](=O)[O-])c1CO. The molecular weight excluding hydrogens is 150 g/mol. The summed E-state index contributed by atoms with van der Waals surface area (Å²) in [5.74, 6) is 0. The lowest BCUT2D eigenvalue weighted by atomic mass is 10.4. The summed E-state index contributed by atoms with van der Waals surface area (Å²) in [6, 6.07) is 0. The summed E-state index contributed by atoms with van der Waals surface area (Å²) in [6.07, 6.45) is 1.12. The third kappa shape index (κ3) is 1.20. The molecule has 0 radical (unpaired) electrons. The number of hydrogen-bond acceptors (Lipinski definition) is 4. The van der Waals surface area contributed by atoms with Gasteiger partial charge in [-0.25, -0.2) is 0 Å². The highest BCUT2D eigenvalue weighted by atomic mass is 16.6. The van der Waals surface area contributed by atoms with Crippen LogP contribution in [0.4, 0.5) is 5.69 Å². The van der Waals surface area contributed by atoms with Gasteiger partial charge in [-0.05, 0) is 0 Å². The summed E-state index contributed by atoms with van der Waals surface area (Å²) in [7, 11) is 1.54. The fourth-order valence-electron chi connectivity index (χ4n) is 0.787. The van der Waals surface area contributed by atoms with Crippen LogP contribution < -0.4 is 0 Å². The smallest absolute Gasteiger partial charge is 0.312 e. The number of aliphatic hydroxyl groups excluding tert-OH is 1. The van der Waals surface area contributed by atoms with Crippen LogP contribution in [0.3, 0.4) is 0 Å². The van der Waals surface area contributed by atoms with Crippen LogP contribution in [0.15, 0.2) is 6.20 Å². The number of nitrogens with zero attached hydrogens (tertiary/aromatic N) is 3. The first-order valence-electron chi connectivity index (χ1n) is 2.93. The number of rotatable bonds is 2. The van der Waals surface area contributed by atoms with E-state index in [0.717, 1.165) is 6.20 Å². The third-order valence-corrected chi connectivity index (χ3v) is 1.39. The number of nitro groups is 1. The van der Waals surface area contributed by atoms with E-state index in [2.05, 4.69) is 5.10 Å². The Morgan fingerprint density at radius 3 is 2.91 bits per heavy atom. The maximum atomic E-state index is 10.2. The van der Waals surface area contributed by atoms with E-state index in [9.17, 15) is 10.1 Å². The van der Waals surface area contributed by atoms with Crippen LogP contribution in [-0.4, -0.2) is 19.8 Å². The van der Waals surface area contributed by atoms with Gasteiger partial charge >= 0.3 is 5.69 Å². The second-order valence-corrected chi connectivity index (χ2v) is 2.02. The zero-order valence-electron chi connectivity index (χ0n) is 5.89. The summed E-state index contributed by atoms with van der Waals surface area (Å²) in [6.45, 7) is -0.368. The van der Waals surface area contributed by atoms with Crippen molar-refractivity contribution in [2.75, 3.05) is 0 Å². The molecular formula is C5H7N3O3. The molecule has 6 heteroatoms. The molecule has 0 amide bonds. The lowest BCUT2D eigenvalue weighted by Gasteiger charge is -1.94. The predicted octanol–water partition coefficient (Wildman–Crippen LogP) is -0.179. The normalized spacial score (nSPS) is 10.0. The van der Waals surface area contributed by atoms with Crippen LogP contribution in [0, 0.1) is 10.1 Å². The number of aromatic nitrogens is 2. The van der Waals surface area contributed by atoms with Gasteiger partial charge in [0.05, 0.1) is 11.5 Å². The molecule has 0 saturated heterocycles.